The highest BCUT2D eigenvalue weighted by Gasteiger charge is 2.76. The number of hydrogen-bond acceptors (Lipinski definition) is 12. The van der Waals surface area contributed by atoms with E-state index in [4.69, 9.17) is 15.0 Å². The Morgan fingerprint density at radius 1 is 0.796 bits per heavy atom. The van der Waals surface area contributed by atoms with Gasteiger partial charge in [0.25, 0.3) is 0 Å². The normalized spacial score (nSPS) is 45.1. The summed E-state index contributed by atoms with van der Waals surface area (Å²) >= 11 is 5.52. The number of hydrogen-bond donors (Lipinski definition) is 2. The lowest BCUT2D eigenvalue weighted by atomic mass is 9.74. The van der Waals surface area contributed by atoms with E-state index in [2.05, 4.69) is 40.7 Å². The van der Waals surface area contributed by atoms with Gasteiger partial charge in [0.1, 0.15) is 5.49 Å². The monoisotopic (exact) mass is 783 g/mol. The number of aromatic nitrogens is 1. The average Bonchev–Trinajstić information content (AvgIpc) is 3.78. The topological polar surface area (TPSA) is 133 Å². The first kappa shape index (κ1) is 31.3. The highest BCUT2D eigenvalue weighted by atomic mass is 32.2. The molecule has 9 aliphatic heterocycles. The molecule has 54 heavy (non-hydrogen) atoms. The third-order valence-electron chi connectivity index (χ3n) is 13.2. The first-order valence-electron chi connectivity index (χ1n) is 18.4. The number of carbonyl (C=O) groups excluding carboxylic acids is 4. The molecule has 3 fully saturated rings. The summed E-state index contributed by atoms with van der Waals surface area (Å²) in [7, 11) is 0. The number of rotatable bonds is 1. The molecule has 0 amide bonds. The van der Waals surface area contributed by atoms with Gasteiger partial charge in [-0.05, 0) is 54.4 Å². The van der Waals surface area contributed by atoms with E-state index in [9.17, 15) is 19.2 Å². The molecule has 11 unspecified atom stereocenters. The van der Waals surface area contributed by atoms with Crippen molar-refractivity contribution < 1.29 is 19.2 Å². The Bertz CT molecular complexity index is 2710. The second-order valence-electron chi connectivity index (χ2n) is 16.1. The van der Waals surface area contributed by atoms with E-state index in [0.717, 1.165) is 68.0 Å². The minimum Gasteiger partial charge on any atom is -0.377 e. The summed E-state index contributed by atoms with van der Waals surface area (Å²) in [5.41, 5.74) is 9.68. The van der Waals surface area contributed by atoms with Crippen LogP contribution in [0.1, 0.15) is 36.6 Å². The van der Waals surface area contributed by atoms with Crippen molar-refractivity contribution in [3.63, 3.8) is 0 Å². The number of H-pyrrole nitrogens is 1. The number of amidine groups is 1. The number of nitrogens with zero attached hydrogens (tertiary/aromatic N) is 3. The highest BCUT2D eigenvalue weighted by molar-refractivity contribution is 8.15. The van der Waals surface area contributed by atoms with Crippen molar-refractivity contribution in [2.24, 2.45) is 44.6 Å². The van der Waals surface area contributed by atoms with Crippen LogP contribution in [0.3, 0.4) is 0 Å². The standard InChI is InChI=1S/C41H29N5O4S4/c1-14-3-7-20-31-25-11-22-19(17-5-4-15(2)51-37(17)48)9-16(42-22)10-24-32-30(33-40(32)13-21(40)39(50)53-33)35(45-24)46-34-28-18-6-8-26(52-38(18)49)29(28)23(44-34)12-27(43-25)41(20,31)54-36(14)47/h3-12,14-15,17-18,20-21,26-27,33,43H,13H2,1-2H3,(H,44,45,46)/b22-11-,23-12-,24-10-. The number of allylic oxidation sites excluding steroid dienone is 8. The molecule has 1 saturated heterocycles. The van der Waals surface area contributed by atoms with Crippen molar-refractivity contribution >= 4 is 85.1 Å². The predicted octanol–water partition coefficient (Wildman–Crippen LogP) is 4.59. The maximum Gasteiger partial charge on any atom is 0.201 e. The van der Waals surface area contributed by atoms with Gasteiger partial charge in [-0.15, -0.1) is 0 Å². The summed E-state index contributed by atoms with van der Waals surface area (Å²) in [5.74, 6) is -0.501. The summed E-state index contributed by atoms with van der Waals surface area (Å²) in [4.78, 5) is 73.0. The molecule has 2 N–H and O–H groups in total. The van der Waals surface area contributed by atoms with Crippen LogP contribution in [0.4, 0.5) is 0 Å². The Balaban J connectivity index is 1.07. The van der Waals surface area contributed by atoms with Crippen LogP contribution in [0.2, 0.25) is 0 Å². The highest BCUT2D eigenvalue weighted by Crippen LogP contribution is 2.78. The summed E-state index contributed by atoms with van der Waals surface area (Å²) in [6, 6.07) is -0.278. The molecule has 11 atom stereocenters. The van der Waals surface area contributed by atoms with E-state index in [0.29, 0.717) is 11.3 Å². The summed E-state index contributed by atoms with van der Waals surface area (Å²) in [6.07, 6.45) is 21.6. The number of nitrogens with one attached hydrogen (secondary N) is 2. The lowest BCUT2D eigenvalue weighted by Gasteiger charge is -2.33. The van der Waals surface area contributed by atoms with Gasteiger partial charge in [-0.3, -0.25) is 19.2 Å². The summed E-state index contributed by atoms with van der Waals surface area (Å²) in [5, 5.41) is 5.20. The van der Waals surface area contributed by atoms with Crippen molar-refractivity contribution in [3.05, 3.63) is 116 Å². The van der Waals surface area contributed by atoms with Crippen LogP contribution in [0, 0.1) is 29.6 Å². The molecule has 13 aliphatic rings. The van der Waals surface area contributed by atoms with Crippen LogP contribution >= 0.6 is 47.0 Å². The number of thioether (sulfide) groups is 4. The molecule has 14 rings (SSSR count). The van der Waals surface area contributed by atoms with Gasteiger partial charge in [0.2, 0.25) is 10.2 Å². The maximum atomic E-state index is 13.6. The molecule has 9 nitrogen and oxygen atoms in total. The lowest BCUT2D eigenvalue weighted by Crippen LogP contribution is -2.36. The first-order chi connectivity index (χ1) is 26.1. The number of aliphatic imine (C=N–C) groups is 2. The van der Waals surface area contributed by atoms with Crippen molar-refractivity contribution in [2.45, 2.75) is 52.2 Å². The molecule has 0 aromatic carbocycles. The molecule has 0 radical (unpaired) electrons. The zero-order valence-corrected chi connectivity index (χ0v) is 32.1. The van der Waals surface area contributed by atoms with Crippen molar-refractivity contribution in [3.8, 4) is 0 Å². The third-order valence-corrected chi connectivity index (χ3v) is 18.4. The molecule has 1 aromatic rings. The number of aromatic amines is 1. The molecule has 13 heteroatoms. The number of fused-ring (bicyclic) bond motifs is 12. The molecule has 10 heterocycles. The van der Waals surface area contributed by atoms with Gasteiger partial charge in [0, 0.05) is 56.2 Å². The minimum atomic E-state index is -0.528. The van der Waals surface area contributed by atoms with Crippen molar-refractivity contribution in [2.75, 3.05) is 0 Å². The first-order valence-corrected chi connectivity index (χ1v) is 21.9. The van der Waals surface area contributed by atoms with E-state index < -0.39 is 16.6 Å². The quantitative estimate of drug-likeness (QED) is 0.393. The molecule has 2 saturated carbocycles. The van der Waals surface area contributed by atoms with Crippen LogP contribution in [-0.2, 0) is 24.6 Å². The zero-order valence-electron chi connectivity index (χ0n) is 28.8. The van der Waals surface area contributed by atoms with Gasteiger partial charge in [-0.1, -0.05) is 90.4 Å². The summed E-state index contributed by atoms with van der Waals surface area (Å²) < 4.78 is -0.528. The lowest BCUT2D eigenvalue weighted by molar-refractivity contribution is -0.113. The fraction of sp³-hybridized carbons (Fsp3) is 0.341. The van der Waals surface area contributed by atoms with Gasteiger partial charge in [0.05, 0.1) is 50.2 Å². The van der Waals surface area contributed by atoms with Crippen molar-refractivity contribution in [1.82, 2.24) is 10.3 Å². The van der Waals surface area contributed by atoms with E-state index in [-0.39, 0.29) is 65.4 Å². The Morgan fingerprint density at radius 2 is 1.65 bits per heavy atom. The molecule has 266 valence electrons. The Labute approximate surface area is 325 Å². The van der Waals surface area contributed by atoms with E-state index in [1.54, 1.807) is 0 Å². The Kier molecular flexibility index (Phi) is 5.85. The Hall–Kier alpha value is -3.91. The van der Waals surface area contributed by atoms with Gasteiger partial charge in [0.15, 0.2) is 16.1 Å². The van der Waals surface area contributed by atoms with E-state index >= 15 is 0 Å². The molecule has 2 spiro atoms. The fourth-order valence-corrected chi connectivity index (χ4v) is 15.7. The molecular formula is C41H29N5O4S4. The van der Waals surface area contributed by atoms with Gasteiger partial charge >= 0.3 is 0 Å². The third kappa shape index (κ3) is 3.73. The molecule has 10 bridgehead atoms. The van der Waals surface area contributed by atoms with Gasteiger partial charge < -0.3 is 10.3 Å². The molecule has 4 aliphatic carbocycles. The van der Waals surface area contributed by atoms with Crippen molar-refractivity contribution in [1.29, 1.82) is 0 Å². The van der Waals surface area contributed by atoms with Crippen LogP contribution < -0.4 is 16.2 Å². The average molecular weight is 784 g/mol. The number of carbonyl (C=O) groups is 4. The smallest absolute Gasteiger partial charge is 0.201 e. The SMILES string of the molecule is CC1C=CC(C2=CC3=NC/2=C\C2=C4C5C=CC(C)C(=O)SC45C(/C=C4N=C(/N=c5\[nH]/c(c6c5C5SC(=O)C7CC675)=C\3)C3=C\4C4C=CC3C(=O)S4)N2)C(=O)S1. The van der Waals surface area contributed by atoms with Gasteiger partial charge in [-0.25, -0.2) is 15.0 Å². The molecule has 1 aromatic heterocycles. The second kappa shape index (κ2) is 10.1. The van der Waals surface area contributed by atoms with Gasteiger partial charge in [-0.2, -0.15) is 0 Å². The van der Waals surface area contributed by atoms with Crippen LogP contribution in [0.15, 0.2) is 109 Å². The Morgan fingerprint density at radius 3 is 2.48 bits per heavy atom. The van der Waals surface area contributed by atoms with Crippen LogP contribution in [0.25, 0.3) is 6.08 Å². The zero-order chi connectivity index (χ0) is 36.2. The molecular weight excluding hydrogens is 755 g/mol. The van der Waals surface area contributed by atoms with E-state index in [1.807, 2.05) is 44.2 Å². The summed E-state index contributed by atoms with van der Waals surface area (Å²) in [6.45, 7) is 3.98. The van der Waals surface area contributed by atoms with Crippen LogP contribution in [0.5, 0.6) is 0 Å². The second-order valence-corrected chi connectivity index (χ2v) is 21.0. The predicted molar refractivity (Wildman–Crippen MR) is 212 cm³/mol. The fourth-order valence-electron chi connectivity index (χ4n) is 10.6. The minimum absolute atomic E-state index is 0.0120. The van der Waals surface area contributed by atoms with E-state index in [1.165, 1.54) is 47.0 Å². The maximum absolute atomic E-state index is 13.6. The van der Waals surface area contributed by atoms with Crippen LogP contribution in [-0.4, -0.2) is 58.3 Å². The largest absolute Gasteiger partial charge is 0.377 e.